The third kappa shape index (κ3) is 3.47. The first-order valence-corrected chi connectivity index (χ1v) is 7.42. The minimum Gasteiger partial charge on any atom is -0.378 e. The molecule has 1 fully saturated rings. The number of morpholine rings is 1. The molecule has 0 amide bonds. The molecular formula is C11H24N2O4P+. The molecule has 0 saturated carbocycles. The summed E-state index contributed by atoms with van der Waals surface area (Å²) in [5, 5.41) is 2.10. The van der Waals surface area contributed by atoms with E-state index >= 15 is 0 Å². The average Bonchev–Trinajstić information content (AvgIpc) is 2.28. The molecule has 0 bridgehead atoms. The molecule has 0 aromatic rings. The predicted octanol–water partition coefficient (Wildman–Crippen LogP) is 1.50. The molecule has 6 nitrogen and oxygen atoms in total. The average molecular weight is 279 g/mol. The van der Waals surface area contributed by atoms with Crippen LogP contribution >= 0.6 is 8.25 Å². The van der Waals surface area contributed by atoms with E-state index in [9.17, 15) is 4.57 Å². The Labute approximate surface area is 110 Å². The lowest BCUT2D eigenvalue weighted by atomic mass is 9.76. The van der Waals surface area contributed by atoms with Crippen molar-refractivity contribution in [2.75, 3.05) is 26.5 Å². The number of ether oxygens (including phenoxy) is 1. The van der Waals surface area contributed by atoms with Gasteiger partial charge in [0, 0.05) is 11.1 Å². The monoisotopic (exact) mass is 279 g/mol. The van der Waals surface area contributed by atoms with E-state index < -0.39 is 8.25 Å². The van der Waals surface area contributed by atoms with E-state index in [4.69, 9.17) is 9.63 Å². The largest absolute Gasteiger partial charge is 0.696 e. The Kier molecular flexibility index (Phi) is 6.11. The van der Waals surface area contributed by atoms with Crippen molar-refractivity contribution in [2.24, 2.45) is 11.8 Å². The highest BCUT2D eigenvalue weighted by atomic mass is 31.1. The van der Waals surface area contributed by atoms with Crippen molar-refractivity contribution in [3.05, 3.63) is 0 Å². The highest BCUT2D eigenvalue weighted by Crippen LogP contribution is 2.34. The lowest BCUT2D eigenvalue weighted by Crippen LogP contribution is -2.67. The highest BCUT2D eigenvalue weighted by molar-refractivity contribution is 7.32. The van der Waals surface area contributed by atoms with Crippen LogP contribution in [0.5, 0.6) is 0 Å². The second-order valence-corrected chi connectivity index (χ2v) is 5.91. The van der Waals surface area contributed by atoms with Crippen LogP contribution in [0.2, 0.25) is 0 Å². The van der Waals surface area contributed by atoms with Crippen LogP contribution in [0.25, 0.3) is 0 Å². The minimum absolute atomic E-state index is 0.0346. The van der Waals surface area contributed by atoms with Crippen LogP contribution in [0.3, 0.4) is 0 Å². The molecule has 1 unspecified atom stereocenters. The second kappa shape index (κ2) is 6.89. The van der Waals surface area contributed by atoms with Crippen molar-refractivity contribution in [1.82, 2.24) is 10.4 Å². The SMILES string of the molecule is CC(C)C1(C(C)C)COCCN1NCO[P+](=O)O. The zero-order valence-corrected chi connectivity index (χ0v) is 12.4. The Morgan fingerprint density at radius 1 is 1.44 bits per heavy atom. The molecule has 0 spiro atoms. The van der Waals surface area contributed by atoms with Gasteiger partial charge in [-0.15, -0.1) is 9.42 Å². The molecule has 1 aliphatic rings. The molecule has 1 saturated heterocycles. The van der Waals surface area contributed by atoms with Crippen molar-refractivity contribution in [1.29, 1.82) is 0 Å². The van der Waals surface area contributed by atoms with Crippen molar-refractivity contribution in [2.45, 2.75) is 33.2 Å². The van der Waals surface area contributed by atoms with Gasteiger partial charge in [-0.1, -0.05) is 27.7 Å². The molecule has 106 valence electrons. The van der Waals surface area contributed by atoms with E-state index in [0.29, 0.717) is 25.0 Å². The Bertz CT molecular complexity index is 278. The molecule has 2 N–H and O–H groups in total. The van der Waals surface area contributed by atoms with Crippen LogP contribution < -0.4 is 5.43 Å². The summed E-state index contributed by atoms with van der Waals surface area (Å²) in [6, 6.07) is 0. The van der Waals surface area contributed by atoms with Gasteiger partial charge in [0.05, 0.1) is 18.8 Å². The van der Waals surface area contributed by atoms with E-state index in [1.54, 1.807) is 0 Å². The maximum atomic E-state index is 10.5. The van der Waals surface area contributed by atoms with Gasteiger partial charge in [0.15, 0.2) is 6.73 Å². The molecule has 1 atom stereocenters. The number of hydrazine groups is 1. The quantitative estimate of drug-likeness (QED) is 0.567. The topological polar surface area (TPSA) is 71.0 Å². The van der Waals surface area contributed by atoms with Gasteiger partial charge >= 0.3 is 8.25 Å². The minimum atomic E-state index is -2.56. The normalized spacial score (nSPS) is 21.6. The third-order valence-electron chi connectivity index (χ3n) is 3.73. The Morgan fingerprint density at radius 2 is 2.06 bits per heavy atom. The lowest BCUT2D eigenvalue weighted by molar-refractivity contribution is -0.145. The molecule has 0 aliphatic carbocycles. The van der Waals surface area contributed by atoms with Crippen LogP contribution in [0.4, 0.5) is 0 Å². The molecule has 7 heteroatoms. The molecule has 0 aromatic heterocycles. The van der Waals surface area contributed by atoms with Gasteiger partial charge in [0.2, 0.25) is 0 Å². The summed E-state index contributed by atoms with van der Waals surface area (Å²) >= 11 is 0. The summed E-state index contributed by atoms with van der Waals surface area (Å²) < 4.78 is 20.8. The van der Waals surface area contributed by atoms with Crippen LogP contribution in [-0.2, 0) is 13.8 Å². The Balaban J connectivity index is 2.73. The van der Waals surface area contributed by atoms with Crippen molar-refractivity contribution in [3.63, 3.8) is 0 Å². The summed E-state index contributed by atoms with van der Waals surface area (Å²) in [6.07, 6.45) is 0. The first-order chi connectivity index (χ1) is 8.41. The van der Waals surface area contributed by atoms with Crippen LogP contribution in [0.15, 0.2) is 0 Å². The first-order valence-electron chi connectivity index (χ1n) is 6.29. The maximum Gasteiger partial charge on any atom is 0.696 e. The van der Waals surface area contributed by atoms with Gasteiger partial charge in [0.25, 0.3) is 0 Å². The van der Waals surface area contributed by atoms with Crippen LogP contribution in [-0.4, -0.2) is 41.9 Å². The second-order valence-electron chi connectivity index (χ2n) is 5.17. The number of nitrogens with one attached hydrogen (secondary N) is 1. The maximum absolute atomic E-state index is 10.5. The van der Waals surface area contributed by atoms with Crippen molar-refractivity contribution in [3.8, 4) is 0 Å². The molecule has 1 aliphatic heterocycles. The van der Waals surface area contributed by atoms with Gasteiger partial charge in [-0.2, -0.15) is 0 Å². The van der Waals surface area contributed by atoms with E-state index in [1.165, 1.54) is 0 Å². The van der Waals surface area contributed by atoms with Crippen molar-refractivity contribution < 1.29 is 18.7 Å². The van der Waals surface area contributed by atoms with Crippen LogP contribution in [0.1, 0.15) is 27.7 Å². The summed E-state index contributed by atoms with van der Waals surface area (Å²) in [4.78, 5) is 8.63. The fourth-order valence-electron chi connectivity index (χ4n) is 2.69. The Morgan fingerprint density at radius 3 is 2.56 bits per heavy atom. The molecule has 0 radical (unpaired) electrons. The summed E-state index contributed by atoms with van der Waals surface area (Å²) in [6.45, 7) is 10.7. The number of nitrogens with zero attached hydrogens (tertiary/aromatic N) is 1. The zero-order valence-electron chi connectivity index (χ0n) is 11.5. The van der Waals surface area contributed by atoms with E-state index in [-0.39, 0.29) is 12.3 Å². The molecule has 1 heterocycles. The number of hydrogen-bond donors (Lipinski definition) is 2. The standard InChI is InChI=1S/C11H23N2O4P/c1-9(2)11(10(3)4)7-16-6-5-13(11)12-8-17-18(14)15/h9-10,12H,5-8H2,1-4H3/p+1. The third-order valence-corrected chi connectivity index (χ3v) is 4.07. The fourth-order valence-corrected chi connectivity index (χ4v) is 2.86. The lowest BCUT2D eigenvalue weighted by Gasteiger charge is -2.52. The molecular weight excluding hydrogens is 255 g/mol. The van der Waals surface area contributed by atoms with Crippen molar-refractivity contribution >= 4 is 8.25 Å². The summed E-state index contributed by atoms with van der Waals surface area (Å²) in [7, 11) is -2.56. The zero-order chi connectivity index (χ0) is 13.8. The smallest absolute Gasteiger partial charge is 0.378 e. The molecule has 1 rings (SSSR count). The number of hydrogen-bond acceptors (Lipinski definition) is 5. The fraction of sp³-hybridized carbons (Fsp3) is 1.00. The predicted molar refractivity (Wildman–Crippen MR) is 68.8 cm³/mol. The summed E-state index contributed by atoms with van der Waals surface area (Å²) in [5.41, 5.74) is 2.97. The van der Waals surface area contributed by atoms with E-state index in [0.717, 1.165) is 6.54 Å². The first kappa shape index (κ1) is 16.0. The molecule has 18 heavy (non-hydrogen) atoms. The summed E-state index contributed by atoms with van der Waals surface area (Å²) in [5.74, 6) is 0.793. The van der Waals surface area contributed by atoms with Gasteiger partial charge in [-0.25, -0.2) is 10.4 Å². The van der Waals surface area contributed by atoms with E-state index in [1.807, 2.05) is 0 Å². The molecule has 0 aromatic carbocycles. The van der Waals surface area contributed by atoms with Gasteiger partial charge < -0.3 is 4.74 Å². The van der Waals surface area contributed by atoms with Gasteiger partial charge in [0.1, 0.15) is 0 Å². The van der Waals surface area contributed by atoms with E-state index in [2.05, 4.69) is 42.7 Å². The number of rotatable bonds is 6. The van der Waals surface area contributed by atoms with Crippen LogP contribution in [0, 0.1) is 11.8 Å². The Hall–Kier alpha value is -0.100. The van der Waals surface area contributed by atoms with Gasteiger partial charge in [-0.3, -0.25) is 0 Å². The highest BCUT2D eigenvalue weighted by Gasteiger charge is 2.45. The van der Waals surface area contributed by atoms with Gasteiger partial charge in [-0.05, 0) is 11.8 Å².